The van der Waals surface area contributed by atoms with Gasteiger partial charge in [-0.15, -0.1) is 0 Å². The summed E-state index contributed by atoms with van der Waals surface area (Å²) in [4.78, 5) is 21.0. The van der Waals surface area contributed by atoms with E-state index >= 15 is 0 Å². The molecule has 26 heavy (non-hydrogen) atoms. The van der Waals surface area contributed by atoms with Gasteiger partial charge in [0.25, 0.3) is 0 Å². The van der Waals surface area contributed by atoms with Crippen molar-refractivity contribution in [1.82, 2.24) is 5.32 Å². The second-order valence-electron chi connectivity index (χ2n) is 4.61. The first-order valence-corrected chi connectivity index (χ1v) is 8.10. The fourth-order valence-corrected chi connectivity index (χ4v) is 2.89. The SMILES string of the molecule is C.C.C.C.COc1ccc(C(NCc2ccccc2)P(=O)([O-])O)cc1.[Na+]. The molecule has 2 unspecified atom stereocenters. The molecule has 0 bridgehead atoms. The fourth-order valence-electron chi connectivity index (χ4n) is 2.02. The van der Waals surface area contributed by atoms with Crippen molar-refractivity contribution in [3.8, 4) is 5.75 Å². The maximum absolute atomic E-state index is 11.6. The number of nitrogens with one attached hydrogen (secondary N) is 1. The molecule has 0 aliphatic rings. The van der Waals surface area contributed by atoms with Gasteiger partial charge in [0.2, 0.25) is 0 Å². The van der Waals surface area contributed by atoms with E-state index in [0.717, 1.165) is 5.56 Å². The maximum Gasteiger partial charge on any atom is 1.00 e. The minimum Gasteiger partial charge on any atom is -0.777 e. The van der Waals surface area contributed by atoms with Crippen LogP contribution >= 0.6 is 7.60 Å². The molecule has 2 aromatic carbocycles. The normalized spacial score (nSPS) is 12.3. The van der Waals surface area contributed by atoms with Crippen molar-refractivity contribution in [3.05, 3.63) is 65.7 Å². The molecule has 0 radical (unpaired) electrons. The molecule has 0 fully saturated rings. The first kappa shape index (κ1) is 33.0. The molecular formula is C19H33NNaO4P. The summed E-state index contributed by atoms with van der Waals surface area (Å²) in [6.07, 6.45) is 0. The van der Waals surface area contributed by atoms with Crippen LogP contribution in [-0.4, -0.2) is 12.0 Å². The Balaban J connectivity index is -0.000000484. The minimum atomic E-state index is -4.56. The molecule has 0 spiro atoms. The van der Waals surface area contributed by atoms with Crippen molar-refractivity contribution >= 4 is 7.60 Å². The van der Waals surface area contributed by atoms with Crippen molar-refractivity contribution in [1.29, 1.82) is 0 Å². The summed E-state index contributed by atoms with van der Waals surface area (Å²) in [5.74, 6) is -0.525. The molecule has 0 aliphatic carbocycles. The van der Waals surface area contributed by atoms with Crippen molar-refractivity contribution in [2.75, 3.05) is 7.11 Å². The molecule has 0 aromatic heterocycles. The summed E-state index contributed by atoms with van der Waals surface area (Å²) in [5.41, 5.74) is 1.40. The van der Waals surface area contributed by atoms with Crippen LogP contribution in [0, 0.1) is 0 Å². The first-order valence-electron chi connectivity index (χ1n) is 6.45. The van der Waals surface area contributed by atoms with Crippen LogP contribution in [0.2, 0.25) is 0 Å². The zero-order chi connectivity index (χ0) is 15.3. The third-order valence-corrected chi connectivity index (χ3v) is 4.23. The molecule has 0 amide bonds. The van der Waals surface area contributed by atoms with Crippen LogP contribution in [0.1, 0.15) is 46.6 Å². The average Bonchev–Trinajstić information content (AvgIpc) is 2.48. The van der Waals surface area contributed by atoms with Gasteiger partial charge in [0.15, 0.2) is 7.60 Å². The maximum atomic E-state index is 11.6. The summed E-state index contributed by atoms with van der Waals surface area (Å²) in [7, 11) is -3.03. The van der Waals surface area contributed by atoms with Gasteiger partial charge in [-0.1, -0.05) is 72.2 Å². The van der Waals surface area contributed by atoms with E-state index in [2.05, 4.69) is 5.32 Å². The summed E-state index contributed by atoms with van der Waals surface area (Å²) in [6, 6.07) is 15.9. The zero-order valence-electron chi connectivity index (χ0n) is 12.6. The topological polar surface area (TPSA) is 81.6 Å². The van der Waals surface area contributed by atoms with Gasteiger partial charge in [-0.25, -0.2) is 0 Å². The third-order valence-electron chi connectivity index (χ3n) is 3.10. The molecule has 0 saturated heterocycles. The molecule has 7 heteroatoms. The third kappa shape index (κ3) is 9.89. The number of benzene rings is 2. The second kappa shape index (κ2) is 15.4. The Morgan fingerprint density at radius 1 is 1.04 bits per heavy atom. The molecule has 0 heterocycles. The van der Waals surface area contributed by atoms with Crippen LogP contribution in [-0.2, 0) is 11.1 Å². The van der Waals surface area contributed by atoms with E-state index in [0.29, 0.717) is 17.9 Å². The number of rotatable bonds is 6. The summed E-state index contributed by atoms with van der Waals surface area (Å²) >= 11 is 0. The van der Waals surface area contributed by atoms with Crippen LogP contribution in [0.4, 0.5) is 0 Å². The minimum absolute atomic E-state index is 0. The van der Waals surface area contributed by atoms with Crippen LogP contribution < -0.4 is 44.5 Å². The van der Waals surface area contributed by atoms with Gasteiger partial charge in [-0.05, 0) is 23.3 Å². The van der Waals surface area contributed by atoms with Crippen LogP contribution in [0.25, 0.3) is 0 Å². The Hall–Kier alpha value is -0.650. The predicted octanol–water partition coefficient (Wildman–Crippen LogP) is 1.58. The van der Waals surface area contributed by atoms with Gasteiger partial charge in [0.1, 0.15) is 5.75 Å². The van der Waals surface area contributed by atoms with E-state index in [1.807, 2.05) is 30.3 Å². The molecule has 2 atom stereocenters. The molecule has 0 aliphatic heterocycles. The van der Waals surface area contributed by atoms with E-state index in [4.69, 9.17) is 4.74 Å². The monoisotopic (exact) mass is 393 g/mol. The number of ether oxygens (including phenoxy) is 1. The molecular weight excluding hydrogens is 360 g/mol. The quantitative estimate of drug-likeness (QED) is 0.575. The standard InChI is InChI=1S/C15H18NO4P.4CH4.Na/c1-20-14-9-7-13(8-10-14)15(21(17,18)19)16-11-12-5-3-2-4-6-12;;;;;/h2-10,15-16H,11H2,1H3,(H2,17,18,19);4*1H4;/q;;;;;+1/p-1. The van der Waals surface area contributed by atoms with Crippen LogP contribution in [0.15, 0.2) is 54.6 Å². The Morgan fingerprint density at radius 3 is 1.96 bits per heavy atom. The molecule has 144 valence electrons. The van der Waals surface area contributed by atoms with Gasteiger partial charge in [-0.2, -0.15) is 0 Å². The largest absolute Gasteiger partial charge is 1.00 e. The van der Waals surface area contributed by atoms with E-state index in [1.165, 1.54) is 7.11 Å². The molecule has 0 saturated carbocycles. The Bertz CT molecular complexity index is 617. The van der Waals surface area contributed by atoms with Crippen LogP contribution in [0.5, 0.6) is 5.75 Å². The Morgan fingerprint density at radius 2 is 1.54 bits per heavy atom. The number of hydrogen-bond acceptors (Lipinski definition) is 4. The van der Waals surface area contributed by atoms with E-state index < -0.39 is 13.4 Å². The van der Waals surface area contributed by atoms with E-state index in [1.54, 1.807) is 24.3 Å². The van der Waals surface area contributed by atoms with Gasteiger partial charge in [0.05, 0.1) is 12.9 Å². The first-order chi connectivity index (χ1) is 10.0. The van der Waals surface area contributed by atoms with E-state index in [9.17, 15) is 14.4 Å². The summed E-state index contributed by atoms with van der Waals surface area (Å²) < 4.78 is 16.6. The van der Waals surface area contributed by atoms with Crippen molar-refractivity contribution in [2.24, 2.45) is 0 Å². The number of hydrogen-bond donors (Lipinski definition) is 2. The molecule has 2 aromatic rings. The molecule has 2 rings (SSSR count). The fraction of sp³-hybridized carbons (Fsp3) is 0.368. The summed E-state index contributed by atoms with van der Waals surface area (Å²) in [5, 5.41) is 2.86. The van der Waals surface area contributed by atoms with Crippen molar-refractivity contribution < 1.29 is 48.6 Å². The smallest absolute Gasteiger partial charge is 0.777 e. The Kier molecular flexibility index (Phi) is 19.5. The molecule has 2 N–H and O–H groups in total. The van der Waals surface area contributed by atoms with Gasteiger partial charge < -0.3 is 19.1 Å². The summed E-state index contributed by atoms with van der Waals surface area (Å²) in [6.45, 7) is 0.338. The van der Waals surface area contributed by atoms with Gasteiger partial charge in [-0.3, -0.25) is 5.32 Å². The van der Waals surface area contributed by atoms with Gasteiger partial charge in [0, 0.05) is 6.54 Å². The average molecular weight is 393 g/mol. The number of methoxy groups -OCH3 is 1. The van der Waals surface area contributed by atoms with E-state index in [-0.39, 0.29) is 59.3 Å². The Labute approximate surface area is 181 Å². The van der Waals surface area contributed by atoms with Gasteiger partial charge >= 0.3 is 29.6 Å². The molecule has 5 nitrogen and oxygen atoms in total. The van der Waals surface area contributed by atoms with Crippen molar-refractivity contribution in [3.63, 3.8) is 0 Å². The second-order valence-corrected chi connectivity index (χ2v) is 6.25. The zero-order valence-corrected chi connectivity index (χ0v) is 15.5. The predicted molar refractivity (Wildman–Crippen MR) is 106 cm³/mol. The van der Waals surface area contributed by atoms with Crippen molar-refractivity contribution in [2.45, 2.75) is 42.0 Å². The van der Waals surface area contributed by atoms with Crippen LogP contribution in [0.3, 0.4) is 0 Å².